The Labute approximate surface area is 118 Å². The summed E-state index contributed by atoms with van der Waals surface area (Å²) >= 11 is 0. The van der Waals surface area contributed by atoms with Crippen LogP contribution in [0.3, 0.4) is 0 Å². The fourth-order valence-electron chi connectivity index (χ4n) is 1.93. The van der Waals surface area contributed by atoms with E-state index < -0.39 is 0 Å². The highest BCUT2D eigenvalue weighted by Crippen LogP contribution is 2.16. The van der Waals surface area contributed by atoms with Gasteiger partial charge in [-0.15, -0.1) is 0 Å². The molecular weight excluding hydrogens is 254 g/mol. The first-order valence-corrected chi connectivity index (χ1v) is 6.46. The second kappa shape index (κ2) is 5.77. The minimum absolute atomic E-state index is 0.109. The average molecular weight is 273 g/mol. The van der Waals surface area contributed by atoms with Gasteiger partial charge in [-0.3, -0.25) is 4.79 Å². The van der Waals surface area contributed by atoms with Gasteiger partial charge in [0.15, 0.2) is 5.89 Å². The van der Waals surface area contributed by atoms with Crippen LogP contribution in [-0.4, -0.2) is 25.0 Å². The van der Waals surface area contributed by atoms with Crippen LogP contribution in [0.15, 0.2) is 28.7 Å². The third-order valence-corrected chi connectivity index (χ3v) is 2.99. The summed E-state index contributed by atoms with van der Waals surface area (Å²) in [5.74, 6) is 1.09. The second-order valence-corrected chi connectivity index (χ2v) is 4.91. The van der Waals surface area contributed by atoms with Gasteiger partial charge >= 0.3 is 0 Å². The molecule has 0 radical (unpaired) electrons. The van der Waals surface area contributed by atoms with Gasteiger partial charge in [-0.1, -0.05) is 0 Å². The van der Waals surface area contributed by atoms with E-state index in [1.807, 2.05) is 50.2 Å². The van der Waals surface area contributed by atoms with Crippen LogP contribution in [0.25, 0.3) is 0 Å². The van der Waals surface area contributed by atoms with Crippen LogP contribution in [0.4, 0.5) is 11.4 Å². The molecule has 1 heterocycles. The molecule has 2 rings (SSSR count). The molecule has 1 aromatic heterocycles. The number of amides is 1. The Morgan fingerprint density at radius 3 is 2.40 bits per heavy atom. The van der Waals surface area contributed by atoms with E-state index >= 15 is 0 Å². The zero-order valence-corrected chi connectivity index (χ0v) is 12.2. The minimum atomic E-state index is -0.109. The van der Waals surface area contributed by atoms with Crippen LogP contribution < -0.4 is 10.2 Å². The van der Waals surface area contributed by atoms with Crippen LogP contribution in [-0.2, 0) is 11.2 Å². The van der Waals surface area contributed by atoms with E-state index in [4.69, 9.17) is 4.42 Å². The number of benzene rings is 1. The number of nitrogens with one attached hydrogen (secondary N) is 1. The van der Waals surface area contributed by atoms with Gasteiger partial charge < -0.3 is 14.6 Å². The van der Waals surface area contributed by atoms with E-state index in [0.717, 1.165) is 17.1 Å². The molecule has 0 saturated heterocycles. The monoisotopic (exact) mass is 273 g/mol. The Bertz CT molecular complexity index is 600. The van der Waals surface area contributed by atoms with Gasteiger partial charge in [0.1, 0.15) is 5.76 Å². The van der Waals surface area contributed by atoms with Crippen molar-refractivity contribution in [1.82, 2.24) is 4.98 Å². The molecule has 0 aliphatic rings. The molecule has 5 heteroatoms. The second-order valence-electron chi connectivity index (χ2n) is 4.91. The molecule has 0 saturated carbocycles. The largest absolute Gasteiger partial charge is 0.445 e. The van der Waals surface area contributed by atoms with Crippen LogP contribution in [0.1, 0.15) is 17.3 Å². The van der Waals surface area contributed by atoms with Gasteiger partial charge in [-0.05, 0) is 31.2 Å². The highest BCUT2D eigenvalue weighted by molar-refractivity contribution is 5.92. The number of oxazole rings is 1. The fraction of sp³-hybridized carbons (Fsp3) is 0.333. The van der Waals surface area contributed by atoms with E-state index in [-0.39, 0.29) is 12.3 Å². The summed E-state index contributed by atoms with van der Waals surface area (Å²) in [6, 6.07) is 7.68. The van der Waals surface area contributed by atoms with E-state index in [9.17, 15) is 4.79 Å². The molecule has 0 atom stereocenters. The maximum Gasteiger partial charge on any atom is 0.232 e. The van der Waals surface area contributed by atoms with Gasteiger partial charge in [-0.25, -0.2) is 4.98 Å². The van der Waals surface area contributed by atoms with Crippen molar-refractivity contribution in [3.8, 4) is 0 Å². The number of anilines is 2. The summed E-state index contributed by atoms with van der Waals surface area (Å²) in [5, 5.41) is 2.85. The summed E-state index contributed by atoms with van der Waals surface area (Å²) in [5.41, 5.74) is 2.62. The van der Waals surface area contributed by atoms with Crippen LogP contribution in [0, 0.1) is 13.8 Å². The minimum Gasteiger partial charge on any atom is -0.445 e. The van der Waals surface area contributed by atoms with Crippen molar-refractivity contribution in [3.05, 3.63) is 41.6 Å². The van der Waals surface area contributed by atoms with Gasteiger partial charge in [0.05, 0.1) is 12.1 Å². The molecule has 0 aliphatic heterocycles. The molecule has 0 spiro atoms. The lowest BCUT2D eigenvalue weighted by Crippen LogP contribution is -2.15. The van der Waals surface area contributed by atoms with Crippen molar-refractivity contribution in [2.45, 2.75) is 20.3 Å². The molecule has 106 valence electrons. The summed E-state index contributed by atoms with van der Waals surface area (Å²) in [6.45, 7) is 3.61. The van der Waals surface area contributed by atoms with Gasteiger partial charge in [0.25, 0.3) is 0 Å². The summed E-state index contributed by atoms with van der Waals surface area (Å²) < 4.78 is 5.39. The molecule has 1 amide bonds. The van der Waals surface area contributed by atoms with Gasteiger partial charge in [-0.2, -0.15) is 0 Å². The Balaban J connectivity index is 1.99. The first-order chi connectivity index (χ1) is 9.45. The van der Waals surface area contributed by atoms with E-state index in [1.165, 1.54) is 0 Å². The molecule has 1 aromatic carbocycles. The first kappa shape index (κ1) is 14.1. The number of carbonyl (C=O) groups excluding carboxylic acids is 1. The molecule has 1 N–H and O–H groups in total. The molecular formula is C15H19N3O2. The van der Waals surface area contributed by atoms with E-state index in [0.29, 0.717) is 11.7 Å². The van der Waals surface area contributed by atoms with E-state index in [2.05, 4.69) is 10.3 Å². The fourth-order valence-corrected chi connectivity index (χ4v) is 1.93. The normalized spacial score (nSPS) is 10.4. The lowest BCUT2D eigenvalue weighted by molar-refractivity contribution is -0.115. The number of aryl methyl sites for hydroxylation is 2. The zero-order valence-electron chi connectivity index (χ0n) is 12.2. The molecule has 2 aromatic rings. The Kier molecular flexibility index (Phi) is 4.08. The van der Waals surface area contributed by atoms with Crippen LogP contribution in [0.2, 0.25) is 0 Å². The Morgan fingerprint density at radius 1 is 1.25 bits per heavy atom. The number of nitrogens with zero attached hydrogens (tertiary/aromatic N) is 2. The number of aromatic nitrogens is 1. The number of hydrogen-bond acceptors (Lipinski definition) is 4. The number of hydrogen-bond donors (Lipinski definition) is 1. The Hall–Kier alpha value is -2.30. The SMILES string of the molecule is Cc1nc(C)c(CC(=O)Nc2ccc(N(C)C)cc2)o1. The third kappa shape index (κ3) is 3.38. The van der Waals surface area contributed by atoms with Gasteiger partial charge in [0, 0.05) is 32.4 Å². The van der Waals surface area contributed by atoms with Crippen molar-refractivity contribution in [1.29, 1.82) is 0 Å². The van der Waals surface area contributed by atoms with Crippen molar-refractivity contribution in [2.75, 3.05) is 24.3 Å². The van der Waals surface area contributed by atoms with E-state index in [1.54, 1.807) is 6.92 Å². The summed E-state index contributed by atoms with van der Waals surface area (Å²) in [7, 11) is 3.95. The highest BCUT2D eigenvalue weighted by atomic mass is 16.4. The van der Waals surface area contributed by atoms with Crippen molar-refractivity contribution < 1.29 is 9.21 Å². The predicted molar refractivity (Wildman–Crippen MR) is 79.1 cm³/mol. The number of rotatable bonds is 4. The van der Waals surface area contributed by atoms with Crippen molar-refractivity contribution >= 4 is 17.3 Å². The van der Waals surface area contributed by atoms with Crippen molar-refractivity contribution in [3.63, 3.8) is 0 Å². The maximum atomic E-state index is 12.0. The topological polar surface area (TPSA) is 58.4 Å². The quantitative estimate of drug-likeness (QED) is 0.930. The lowest BCUT2D eigenvalue weighted by atomic mass is 10.2. The molecule has 0 fully saturated rings. The Morgan fingerprint density at radius 2 is 1.90 bits per heavy atom. The molecule has 20 heavy (non-hydrogen) atoms. The zero-order chi connectivity index (χ0) is 14.7. The van der Waals surface area contributed by atoms with Crippen molar-refractivity contribution in [2.24, 2.45) is 0 Å². The van der Waals surface area contributed by atoms with Crippen LogP contribution in [0.5, 0.6) is 0 Å². The smallest absolute Gasteiger partial charge is 0.232 e. The molecule has 0 bridgehead atoms. The summed E-state index contributed by atoms with van der Waals surface area (Å²) in [6.07, 6.45) is 0.197. The first-order valence-electron chi connectivity index (χ1n) is 6.46. The highest BCUT2D eigenvalue weighted by Gasteiger charge is 2.12. The maximum absolute atomic E-state index is 12.0. The standard InChI is InChI=1S/C15H19N3O2/c1-10-14(20-11(2)16-10)9-15(19)17-12-5-7-13(8-6-12)18(3)4/h5-8H,9H2,1-4H3,(H,17,19). The number of carbonyl (C=O) groups is 1. The molecule has 0 unspecified atom stereocenters. The summed E-state index contributed by atoms with van der Waals surface area (Å²) in [4.78, 5) is 18.1. The predicted octanol–water partition coefficient (Wildman–Crippen LogP) is 2.54. The lowest BCUT2D eigenvalue weighted by Gasteiger charge is -2.12. The average Bonchev–Trinajstić information content (AvgIpc) is 2.68. The molecule has 0 aliphatic carbocycles. The van der Waals surface area contributed by atoms with Gasteiger partial charge in [0.2, 0.25) is 5.91 Å². The molecule has 5 nitrogen and oxygen atoms in total. The van der Waals surface area contributed by atoms with Crippen LogP contribution >= 0.6 is 0 Å². The third-order valence-electron chi connectivity index (χ3n) is 2.99.